The number of rotatable bonds is 5. The van der Waals surface area contributed by atoms with Crippen molar-refractivity contribution in [2.24, 2.45) is 0 Å². The van der Waals surface area contributed by atoms with Crippen molar-refractivity contribution in [1.29, 1.82) is 0 Å². The molecule has 21 heavy (non-hydrogen) atoms. The molecule has 1 N–H and O–H groups in total. The molecular weight excluding hydrogens is 292 g/mol. The van der Waals surface area contributed by atoms with Crippen LogP contribution in [0.3, 0.4) is 0 Å². The highest BCUT2D eigenvalue weighted by atomic mass is 32.1. The number of thiazole rings is 1. The Bertz CT molecular complexity index is 612. The molecule has 6 nitrogen and oxygen atoms in total. The third-order valence-corrected chi connectivity index (χ3v) is 3.15. The summed E-state index contributed by atoms with van der Waals surface area (Å²) >= 11 is 1.15. The Morgan fingerprint density at radius 2 is 2.05 bits per heavy atom. The van der Waals surface area contributed by atoms with Crippen molar-refractivity contribution < 1.29 is 19.1 Å². The standard InChI is InChI=1S/C14H14N2O4S/c1-2-12(17)20-11-9-21-13(15-11)16-14(18)19-8-10-6-4-3-5-7-10/h3-7,9H,2,8H2,1H3,(H,15,16,18). The molecule has 2 rings (SSSR count). The lowest BCUT2D eigenvalue weighted by atomic mass is 10.2. The molecule has 1 aromatic carbocycles. The largest absolute Gasteiger partial charge is 0.444 e. The molecule has 0 aliphatic rings. The van der Waals surface area contributed by atoms with Crippen molar-refractivity contribution in [1.82, 2.24) is 4.98 Å². The number of benzene rings is 1. The van der Waals surface area contributed by atoms with Gasteiger partial charge in [0.25, 0.3) is 0 Å². The van der Waals surface area contributed by atoms with Gasteiger partial charge >= 0.3 is 12.1 Å². The summed E-state index contributed by atoms with van der Waals surface area (Å²) in [4.78, 5) is 26.7. The number of amides is 1. The third kappa shape index (κ3) is 4.88. The minimum absolute atomic E-state index is 0.171. The Hall–Kier alpha value is -2.41. The molecule has 1 heterocycles. The van der Waals surface area contributed by atoms with Crippen molar-refractivity contribution in [3.63, 3.8) is 0 Å². The van der Waals surface area contributed by atoms with Crippen LogP contribution >= 0.6 is 11.3 Å². The summed E-state index contributed by atoms with van der Waals surface area (Å²) in [5.74, 6) is -0.205. The van der Waals surface area contributed by atoms with Crippen LogP contribution in [0, 0.1) is 0 Å². The van der Waals surface area contributed by atoms with Gasteiger partial charge in [-0.05, 0) is 5.56 Å². The van der Waals surface area contributed by atoms with E-state index < -0.39 is 6.09 Å². The first kappa shape index (κ1) is 15.0. The normalized spacial score (nSPS) is 9.95. The van der Waals surface area contributed by atoms with Crippen molar-refractivity contribution in [3.8, 4) is 5.88 Å². The molecule has 0 atom stereocenters. The van der Waals surface area contributed by atoms with Gasteiger partial charge in [-0.2, -0.15) is 4.98 Å². The molecule has 0 saturated carbocycles. The molecule has 110 valence electrons. The third-order valence-electron chi connectivity index (χ3n) is 2.41. The number of hydrogen-bond acceptors (Lipinski definition) is 6. The van der Waals surface area contributed by atoms with Gasteiger partial charge in [-0.1, -0.05) is 37.3 Å². The maximum atomic E-state index is 11.6. The fourth-order valence-corrected chi connectivity index (χ4v) is 2.00. The molecule has 0 fully saturated rings. The predicted molar refractivity (Wildman–Crippen MR) is 78.3 cm³/mol. The molecule has 1 aromatic heterocycles. The fourth-order valence-electron chi connectivity index (χ4n) is 1.40. The first-order chi connectivity index (χ1) is 10.2. The first-order valence-corrected chi connectivity index (χ1v) is 7.19. The maximum Gasteiger partial charge on any atom is 0.413 e. The monoisotopic (exact) mass is 306 g/mol. The van der Waals surface area contributed by atoms with Crippen LogP contribution in [0.4, 0.5) is 9.93 Å². The van der Waals surface area contributed by atoms with Crippen LogP contribution in [-0.2, 0) is 16.1 Å². The number of hydrogen-bond donors (Lipinski definition) is 1. The highest BCUT2D eigenvalue weighted by Gasteiger charge is 2.10. The van der Waals surface area contributed by atoms with Crippen LogP contribution in [-0.4, -0.2) is 17.0 Å². The van der Waals surface area contributed by atoms with Gasteiger partial charge in [0, 0.05) is 6.42 Å². The SMILES string of the molecule is CCC(=O)Oc1csc(NC(=O)OCc2ccccc2)n1. The summed E-state index contributed by atoms with van der Waals surface area (Å²) in [6, 6.07) is 9.34. The number of esters is 1. The Labute approximate surface area is 125 Å². The lowest BCUT2D eigenvalue weighted by Crippen LogP contribution is -2.13. The second-order valence-corrected chi connectivity index (χ2v) is 4.86. The van der Waals surface area contributed by atoms with Crippen LogP contribution < -0.4 is 10.1 Å². The van der Waals surface area contributed by atoms with E-state index in [2.05, 4.69) is 10.3 Å². The molecule has 0 spiro atoms. The minimum atomic E-state index is -0.610. The van der Waals surface area contributed by atoms with Crippen molar-refractivity contribution >= 4 is 28.5 Å². The number of anilines is 1. The van der Waals surface area contributed by atoms with Crippen LogP contribution in [0.1, 0.15) is 18.9 Å². The van der Waals surface area contributed by atoms with E-state index in [1.807, 2.05) is 30.3 Å². The van der Waals surface area contributed by atoms with Crippen molar-refractivity contribution in [2.45, 2.75) is 20.0 Å². The summed E-state index contributed by atoms with van der Waals surface area (Å²) in [6.45, 7) is 1.87. The molecule has 0 bridgehead atoms. The van der Waals surface area contributed by atoms with Gasteiger partial charge in [0.1, 0.15) is 6.61 Å². The molecule has 0 radical (unpaired) electrons. The van der Waals surface area contributed by atoms with Gasteiger partial charge in [0.15, 0.2) is 5.13 Å². The lowest BCUT2D eigenvalue weighted by Gasteiger charge is -2.04. The van der Waals surface area contributed by atoms with E-state index in [9.17, 15) is 9.59 Å². The smallest absolute Gasteiger partial charge is 0.413 e. The molecule has 1 amide bonds. The quantitative estimate of drug-likeness (QED) is 0.858. The van der Waals surface area contributed by atoms with Crippen LogP contribution in [0.2, 0.25) is 0 Å². The highest BCUT2D eigenvalue weighted by Crippen LogP contribution is 2.21. The van der Waals surface area contributed by atoms with E-state index in [0.717, 1.165) is 16.9 Å². The van der Waals surface area contributed by atoms with Gasteiger partial charge in [-0.3, -0.25) is 10.1 Å². The van der Waals surface area contributed by atoms with E-state index in [1.165, 1.54) is 0 Å². The maximum absolute atomic E-state index is 11.6. The van der Waals surface area contributed by atoms with E-state index in [-0.39, 0.29) is 24.9 Å². The second kappa shape index (κ2) is 7.39. The van der Waals surface area contributed by atoms with Crippen molar-refractivity contribution in [3.05, 3.63) is 41.3 Å². The Kier molecular flexibility index (Phi) is 5.28. The first-order valence-electron chi connectivity index (χ1n) is 6.31. The van der Waals surface area contributed by atoms with Crippen LogP contribution in [0.15, 0.2) is 35.7 Å². The van der Waals surface area contributed by atoms with E-state index in [0.29, 0.717) is 5.13 Å². The van der Waals surface area contributed by atoms with Gasteiger partial charge in [-0.25, -0.2) is 4.79 Å². The Balaban J connectivity index is 1.81. The fraction of sp³-hybridized carbons (Fsp3) is 0.214. The summed E-state index contributed by atoms with van der Waals surface area (Å²) in [7, 11) is 0. The summed E-state index contributed by atoms with van der Waals surface area (Å²) in [5.41, 5.74) is 0.893. The second-order valence-electron chi connectivity index (χ2n) is 4.01. The Morgan fingerprint density at radius 1 is 1.29 bits per heavy atom. The van der Waals surface area contributed by atoms with Gasteiger partial charge in [0.05, 0.1) is 5.38 Å². The predicted octanol–water partition coefficient (Wildman–Crippen LogP) is 3.21. The summed E-state index contributed by atoms with van der Waals surface area (Å²) < 4.78 is 9.98. The number of aromatic nitrogens is 1. The van der Waals surface area contributed by atoms with Crippen molar-refractivity contribution in [2.75, 3.05) is 5.32 Å². The van der Waals surface area contributed by atoms with E-state index in [4.69, 9.17) is 9.47 Å². The molecule has 0 saturated heterocycles. The Morgan fingerprint density at radius 3 is 2.76 bits per heavy atom. The number of carbonyl (C=O) groups excluding carboxylic acids is 2. The van der Waals surface area contributed by atoms with Gasteiger partial charge in [-0.15, -0.1) is 11.3 Å². The molecule has 7 heteroatoms. The summed E-state index contributed by atoms with van der Waals surface area (Å²) in [6.07, 6.45) is -0.346. The van der Waals surface area contributed by atoms with Gasteiger partial charge < -0.3 is 9.47 Å². The summed E-state index contributed by atoms with van der Waals surface area (Å²) in [5, 5.41) is 4.33. The number of nitrogens with zero attached hydrogens (tertiary/aromatic N) is 1. The average molecular weight is 306 g/mol. The van der Waals surface area contributed by atoms with Crippen LogP contribution in [0.25, 0.3) is 0 Å². The van der Waals surface area contributed by atoms with Gasteiger partial charge in [0.2, 0.25) is 5.88 Å². The van der Waals surface area contributed by atoms with E-state index >= 15 is 0 Å². The molecular formula is C14H14N2O4S. The van der Waals surface area contributed by atoms with Crippen LogP contribution in [0.5, 0.6) is 5.88 Å². The zero-order valence-electron chi connectivity index (χ0n) is 11.4. The number of nitrogens with one attached hydrogen (secondary N) is 1. The lowest BCUT2D eigenvalue weighted by molar-refractivity contribution is -0.134. The zero-order chi connectivity index (χ0) is 15.1. The average Bonchev–Trinajstić information content (AvgIpc) is 2.93. The number of ether oxygens (including phenoxy) is 2. The minimum Gasteiger partial charge on any atom is -0.444 e. The molecule has 0 aliphatic heterocycles. The highest BCUT2D eigenvalue weighted by molar-refractivity contribution is 7.14. The number of carbonyl (C=O) groups is 2. The molecule has 0 unspecified atom stereocenters. The topological polar surface area (TPSA) is 77.5 Å². The molecule has 2 aromatic rings. The van der Waals surface area contributed by atoms with E-state index in [1.54, 1.807) is 12.3 Å². The zero-order valence-corrected chi connectivity index (χ0v) is 12.2. The molecule has 0 aliphatic carbocycles.